The van der Waals surface area contributed by atoms with Crippen molar-refractivity contribution < 1.29 is 9.57 Å². The van der Waals surface area contributed by atoms with Crippen LogP contribution >= 0.6 is 12.4 Å². The highest BCUT2D eigenvalue weighted by Gasteiger charge is 2.40. The van der Waals surface area contributed by atoms with Crippen LogP contribution in [0.4, 0.5) is 0 Å². The number of nitrogens with one attached hydrogen (secondary N) is 1. The van der Waals surface area contributed by atoms with Crippen molar-refractivity contribution in [3.63, 3.8) is 0 Å². The molecule has 0 radical (unpaired) electrons. The summed E-state index contributed by atoms with van der Waals surface area (Å²) in [6.45, 7) is 4.69. The SMILES string of the molecule is CCOC1=NOC2(CCNCC2)C1.Cl. The van der Waals surface area contributed by atoms with Crippen molar-refractivity contribution in [3.8, 4) is 0 Å². The van der Waals surface area contributed by atoms with Gasteiger partial charge in [-0.1, -0.05) is 5.16 Å². The molecule has 2 rings (SSSR count). The Morgan fingerprint density at radius 2 is 2.21 bits per heavy atom. The third-order valence-electron chi connectivity index (χ3n) is 2.64. The van der Waals surface area contributed by atoms with Gasteiger partial charge in [-0.15, -0.1) is 12.4 Å². The maximum atomic E-state index is 5.47. The molecule has 0 amide bonds. The minimum Gasteiger partial charge on any atom is -0.479 e. The third-order valence-corrected chi connectivity index (χ3v) is 2.64. The summed E-state index contributed by atoms with van der Waals surface area (Å²) in [5.74, 6) is 0.768. The molecule has 2 aliphatic rings. The van der Waals surface area contributed by atoms with Crippen LogP contribution in [-0.2, 0) is 9.57 Å². The molecule has 2 aliphatic heterocycles. The van der Waals surface area contributed by atoms with E-state index in [1.165, 1.54) is 0 Å². The summed E-state index contributed by atoms with van der Waals surface area (Å²) in [5.41, 5.74) is -0.0459. The van der Waals surface area contributed by atoms with Gasteiger partial charge in [0.05, 0.1) is 13.0 Å². The Labute approximate surface area is 90.4 Å². The van der Waals surface area contributed by atoms with Gasteiger partial charge in [-0.3, -0.25) is 0 Å². The van der Waals surface area contributed by atoms with Crippen LogP contribution in [0.3, 0.4) is 0 Å². The summed E-state index contributed by atoms with van der Waals surface area (Å²) >= 11 is 0. The number of ether oxygens (including phenoxy) is 1. The molecule has 5 heteroatoms. The molecule has 1 spiro atoms. The van der Waals surface area contributed by atoms with Crippen LogP contribution in [0.5, 0.6) is 0 Å². The summed E-state index contributed by atoms with van der Waals surface area (Å²) in [6.07, 6.45) is 2.92. The van der Waals surface area contributed by atoms with Crippen LogP contribution in [0, 0.1) is 0 Å². The molecule has 1 N–H and O–H groups in total. The molecule has 1 fully saturated rings. The van der Waals surface area contributed by atoms with Crippen LogP contribution in [0.25, 0.3) is 0 Å². The number of hydrogen-bond donors (Lipinski definition) is 1. The number of rotatable bonds is 1. The summed E-state index contributed by atoms with van der Waals surface area (Å²) in [5, 5.41) is 7.28. The summed E-state index contributed by atoms with van der Waals surface area (Å²) in [4.78, 5) is 5.47. The van der Waals surface area contributed by atoms with Gasteiger partial charge in [0.2, 0.25) is 5.90 Å². The molecule has 2 heterocycles. The van der Waals surface area contributed by atoms with Gasteiger partial charge in [-0.25, -0.2) is 0 Å². The first-order valence-electron chi connectivity index (χ1n) is 4.93. The third kappa shape index (κ3) is 2.30. The lowest BCUT2D eigenvalue weighted by Crippen LogP contribution is -2.42. The van der Waals surface area contributed by atoms with Crippen LogP contribution in [0.1, 0.15) is 26.2 Å². The molecule has 0 aliphatic carbocycles. The molecule has 0 aromatic carbocycles. The van der Waals surface area contributed by atoms with Crippen molar-refractivity contribution in [2.24, 2.45) is 5.16 Å². The summed E-state index contributed by atoms with van der Waals surface area (Å²) in [6, 6.07) is 0. The standard InChI is InChI=1S/C9H16N2O2.ClH/c1-2-12-8-7-9(13-11-8)3-5-10-6-4-9;/h10H,2-7H2,1H3;1H. The van der Waals surface area contributed by atoms with Crippen LogP contribution < -0.4 is 5.32 Å². The van der Waals surface area contributed by atoms with Gasteiger partial charge in [-0.05, 0) is 20.0 Å². The second-order valence-corrected chi connectivity index (χ2v) is 3.62. The average Bonchev–Trinajstić information content (AvgIpc) is 2.51. The summed E-state index contributed by atoms with van der Waals surface area (Å²) in [7, 11) is 0. The van der Waals surface area contributed by atoms with Gasteiger partial charge >= 0.3 is 0 Å². The van der Waals surface area contributed by atoms with Crippen molar-refractivity contribution in [1.82, 2.24) is 5.32 Å². The first-order chi connectivity index (χ1) is 6.35. The molecular formula is C9H17ClN2O2. The van der Waals surface area contributed by atoms with E-state index in [4.69, 9.17) is 9.57 Å². The molecule has 1 saturated heterocycles. The van der Waals surface area contributed by atoms with Crippen LogP contribution in [0.15, 0.2) is 5.16 Å². The number of nitrogens with zero attached hydrogens (tertiary/aromatic N) is 1. The molecule has 0 saturated carbocycles. The van der Waals surface area contributed by atoms with Crippen molar-refractivity contribution >= 4 is 18.3 Å². The second-order valence-electron chi connectivity index (χ2n) is 3.62. The number of hydrogen-bond acceptors (Lipinski definition) is 4. The molecule has 0 aromatic heterocycles. The van der Waals surface area contributed by atoms with Gasteiger partial charge in [0, 0.05) is 12.8 Å². The Morgan fingerprint density at radius 1 is 1.50 bits per heavy atom. The Bertz CT molecular complexity index is 215. The smallest absolute Gasteiger partial charge is 0.229 e. The fourth-order valence-corrected chi connectivity index (χ4v) is 1.88. The molecule has 0 bridgehead atoms. The Balaban J connectivity index is 0.000000980. The zero-order valence-corrected chi connectivity index (χ0v) is 9.23. The summed E-state index contributed by atoms with van der Waals surface area (Å²) < 4.78 is 5.33. The second kappa shape index (κ2) is 4.84. The number of oxime groups is 1. The average molecular weight is 221 g/mol. The first kappa shape index (κ1) is 11.6. The molecule has 0 atom stereocenters. The van der Waals surface area contributed by atoms with Crippen LogP contribution in [0.2, 0.25) is 0 Å². The fourth-order valence-electron chi connectivity index (χ4n) is 1.88. The fraction of sp³-hybridized carbons (Fsp3) is 0.889. The zero-order valence-electron chi connectivity index (χ0n) is 8.41. The quantitative estimate of drug-likeness (QED) is 0.725. The molecule has 4 nitrogen and oxygen atoms in total. The monoisotopic (exact) mass is 220 g/mol. The van der Waals surface area contributed by atoms with E-state index in [0.29, 0.717) is 6.61 Å². The van der Waals surface area contributed by atoms with Crippen molar-refractivity contribution in [2.45, 2.75) is 31.8 Å². The van der Waals surface area contributed by atoms with Gasteiger partial charge in [-0.2, -0.15) is 0 Å². The Morgan fingerprint density at radius 3 is 2.86 bits per heavy atom. The first-order valence-corrected chi connectivity index (χ1v) is 4.93. The highest BCUT2D eigenvalue weighted by Crippen LogP contribution is 2.32. The van der Waals surface area contributed by atoms with E-state index < -0.39 is 0 Å². The minimum atomic E-state index is -0.0459. The predicted molar refractivity (Wildman–Crippen MR) is 56.8 cm³/mol. The van der Waals surface area contributed by atoms with E-state index in [9.17, 15) is 0 Å². The van der Waals surface area contributed by atoms with Gasteiger partial charge < -0.3 is 14.9 Å². The Hall–Kier alpha value is -0.480. The highest BCUT2D eigenvalue weighted by molar-refractivity contribution is 5.85. The van der Waals surface area contributed by atoms with E-state index in [0.717, 1.165) is 38.2 Å². The number of halogens is 1. The molecule has 14 heavy (non-hydrogen) atoms. The highest BCUT2D eigenvalue weighted by atomic mass is 35.5. The van der Waals surface area contributed by atoms with Gasteiger partial charge in [0.25, 0.3) is 0 Å². The molecular weight excluding hydrogens is 204 g/mol. The maximum absolute atomic E-state index is 5.47. The van der Waals surface area contributed by atoms with E-state index in [1.807, 2.05) is 6.92 Å². The molecule has 82 valence electrons. The van der Waals surface area contributed by atoms with E-state index >= 15 is 0 Å². The lowest BCUT2D eigenvalue weighted by molar-refractivity contribution is -0.0400. The lowest BCUT2D eigenvalue weighted by Gasteiger charge is -2.30. The zero-order chi connectivity index (χ0) is 9.15. The normalized spacial score (nSPS) is 23.6. The van der Waals surface area contributed by atoms with Gasteiger partial charge in [0.15, 0.2) is 0 Å². The maximum Gasteiger partial charge on any atom is 0.229 e. The largest absolute Gasteiger partial charge is 0.479 e. The molecule has 0 unspecified atom stereocenters. The number of piperidine rings is 1. The molecule has 0 aromatic rings. The minimum absolute atomic E-state index is 0. The predicted octanol–water partition coefficient (Wildman–Crippen LogP) is 1.30. The van der Waals surface area contributed by atoms with Crippen molar-refractivity contribution in [3.05, 3.63) is 0 Å². The van der Waals surface area contributed by atoms with Crippen LogP contribution in [-0.4, -0.2) is 31.2 Å². The topological polar surface area (TPSA) is 42.9 Å². The van der Waals surface area contributed by atoms with E-state index in [-0.39, 0.29) is 18.0 Å². The Kier molecular flexibility index (Phi) is 4.01. The van der Waals surface area contributed by atoms with E-state index in [1.54, 1.807) is 0 Å². The van der Waals surface area contributed by atoms with E-state index in [2.05, 4.69) is 10.5 Å². The van der Waals surface area contributed by atoms with Crippen molar-refractivity contribution in [2.75, 3.05) is 19.7 Å². The lowest BCUT2D eigenvalue weighted by atomic mass is 9.89. The van der Waals surface area contributed by atoms with Gasteiger partial charge in [0.1, 0.15) is 5.60 Å². The van der Waals surface area contributed by atoms with Crippen molar-refractivity contribution in [1.29, 1.82) is 0 Å².